The maximum absolute atomic E-state index is 12.4. The van der Waals surface area contributed by atoms with Crippen LogP contribution < -0.4 is 5.32 Å². The second-order valence-electron chi connectivity index (χ2n) is 2.85. The molecule has 0 fully saturated rings. The average molecular weight is 244 g/mol. The number of hydrogen-bond acceptors (Lipinski definition) is 1. The van der Waals surface area contributed by atoms with Crippen molar-refractivity contribution in [3.05, 3.63) is 35.6 Å². The highest BCUT2D eigenvalue weighted by atomic mass is 35.5. The predicted molar refractivity (Wildman–Crippen MR) is 51.4 cm³/mol. The molecular formula is C9H10ClF4N. The fourth-order valence-electron chi connectivity index (χ4n) is 0.951. The molecular weight excluding hydrogens is 234 g/mol. The van der Waals surface area contributed by atoms with Gasteiger partial charge >= 0.3 is 6.18 Å². The molecule has 0 aliphatic heterocycles. The lowest BCUT2D eigenvalue weighted by molar-refractivity contribution is -0.125. The third kappa shape index (κ3) is 6.30. The molecule has 1 N–H and O–H groups in total. The van der Waals surface area contributed by atoms with Crippen LogP contribution in [0, 0.1) is 5.82 Å². The summed E-state index contributed by atoms with van der Waals surface area (Å²) < 4.78 is 47.5. The molecule has 1 aromatic carbocycles. The summed E-state index contributed by atoms with van der Waals surface area (Å²) in [6.07, 6.45) is -4.21. The van der Waals surface area contributed by atoms with Crippen LogP contribution in [0.4, 0.5) is 17.6 Å². The van der Waals surface area contributed by atoms with E-state index in [0.717, 1.165) is 0 Å². The molecule has 0 aliphatic carbocycles. The highest BCUT2D eigenvalue weighted by Gasteiger charge is 2.25. The molecule has 0 heterocycles. The molecule has 1 rings (SSSR count). The van der Waals surface area contributed by atoms with Gasteiger partial charge in [0.25, 0.3) is 0 Å². The molecule has 86 valence electrons. The fraction of sp³-hybridized carbons (Fsp3) is 0.333. The predicted octanol–water partition coefficient (Wildman–Crippen LogP) is 2.90. The Hall–Kier alpha value is -0.810. The molecule has 0 bridgehead atoms. The van der Waals surface area contributed by atoms with Gasteiger partial charge in [-0.05, 0) is 17.7 Å². The maximum Gasteiger partial charge on any atom is 0.401 e. The van der Waals surface area contributed by atoms with Crippen molar-refractivity contribution < 1.29 is 17.6 Å². The van der Waals surface area contributed by atoms with E-state index in [1.807, 2.05) is 0 Å². The number of hydrogen-bond donors (Lipinski definition) is 1. The van der Waals surface area contributed by atoms with Crippen molar-refractivity contribution in [2.75, 3.05) is 6.54 Å². The first-order chi connectivity index (χ1) is 6.47. The summed E-state index contributed by atoms with van der Waals surface area (Å²) in [5.74, 6) is -0.399. The van der Waals surface area contributed by atoms with E-state index >= 15 is 0 Å². The Bertz CT molecular complexity index is 283. The van der Waals surface area contributed by atoms with E-state index in [2.05, 4.69) is 5.32 Å². The first-order valence-corrected chi connectivity index (χ1v) is 3.99. The smallest absolute Gasteiger partial charge is 0.305 e. The van der Waals surface area contributed by atoms with Crippen molar-refractivity contribution in [1.82, 2.24) is 5.32 Å². The lowest BCUT2D eigenvalue weighted by Crippen LogP contribution is -2.28. The molecule has 0 aliphatic rings. The van der Waals surface area contributed by atoms with Gasteiger partial charge in [0.05, 0.1) is 6.54 Å². The van der Waals surface area contributed by atoms with Crippen molar-refractivity contribution in [1.29, 1.82) is 0 Å². The number of nitrogens with one attached hydrogen (secondary N) is 1. The lowest BCUT2D eigenvalue weighted by atomic mass is 10.2. The fourth-order valence-corrected chi connectivity index (χ4v) is 0.951. The summed E-state index contributed by atoms with van der Waals surface area (Å²) in [5, 5.41) is 2.21. The van der Waals surface area contributed by atoms with Crippen LogP contribution in [0.2, 0.25) is 0 Å². The van der Waals surface area contributed by atoms with E-state index in [0.29, 0.717) is 5.56 Å². The summed E-state index contributed by atoms with van der Waals surface area (Å²) in [5.41, 5.74) is 0.621. The van der Waals surface area contributed by atoms with Gasteiger partial charge in [-0.2, -0.15) is 13.2 Å². The summed E-state index contributed by atoms with van der Waals surface area (Å²) in [7, 11) is 0. The molecule has 0 radical (unpaired) electrons. The Morgan fingerprint density at radius 2 is 1.60 bits per heavy atom. The largest absolute Gasteiger partial charge is 0.401 e. The highest BCUT2D eigenvalue weighted by Crippen LogP contribution is 2.12. The minimum absolute atomic E-state index is 0. The Balaban J connectivity index is 0.00000196. The van der Waals surface area contributed by atoms with Crippen molar-refractivity contribution >= 4 is 12.4 Å². The molecule has 0 spiro atoms. The highest BCUT2D eigenvalue weighted by molar-refractivity contribution is 5.85. The molecule has 0 aromatic heterocycles. The van der Waals surface area contributed by atoms with Gasteiger partial charge in [-0.15, -0.1) is 12.4 Å². The molecule has 6 heteroatoms. The van der Waals surface area contributed by atoms with Gasteiger partial charge < -0.3 is 5.32 Å². The monoisotopic (exact) mass is 243 g/mol. The molecule has 0 saturated carbocycles. The van der Waals surface area contributed by atoms with Crippen LogP contribution >= 0.6 is 12.4 Å². The minimum atomic E-state index is -4.21. The van der Waals surface area contributed by atoms with Crippen LogP contribution in [0.5, 0.6) is 0 Å². The zero-order chi connectivity index (χ0) is 10.6. The van der Waals surface area contributed by atoms with Gasteiger partial charge in [-0.1, -0.05) is 12.1 Å². The Kier molecular flexibility index (Phi) is 5.60. The summed E-state index contributed by atoms with van der Waals surface area (Å²) in [4.78, 5) is 0. The van der Waals surface area contributed by atoms with Crippen molar-refractivity contribution in [2.45, 2.75) is 12.7 Å². The van der Waals surface area contributed by atoms with Gasteiger partial charge in [0.1, 0.15) is 5.82 Å². The molecule has 1 nitrogen and oxygen atoms in total. The third-order valence-corrected chi connectivity index (χ3v) is 1.57. The molecule has 15 heavy (non-hydrogen) atoms. The maximum atomic E-state index is 12.4. The van der Waals surface area contributed by atoms with Crippen LogP contribution in [0.15, 0.2) is 24.3 Å². The van der Waals surface area contributed by atoms with Gasteiger partial charge in [-0.3, -0.25) is 0 Å². The van der Waals surface area contributed by atoms with Gasteiger partial charge in [-0.25, -0.2) is 4.39 Å². The normalized spacial score (nSPS) is 10.9. The zero-order valence-electron chi connectivity index (χ0n) is 7.64. The first-order valence-electron chi connectivity index (χ1n) is 3.99. The SMILES string of the molecule is Cl.Fc1ccc(CNCC(F)(F)F)cc1. The van der Waals surface area contributed by atoms with E-state index < -0.39 is 18.5 Å². The minimum Gasteiger partial charge on any atom is -0.305 e. The Morgan fingerprint density at radius 3 is 2.07 bits per heavy atom. The van der Waals surface area contributed by atoms with Crippen molar-refractivity contribution in [3.8, 4) is 0 Å². The van der Waals surface area contributed by atoms with E-state index in [4.69, 9.17) is 0 Å². The summed E-state index contributed by atoms with van der Waals surface area (Å²) in [6.45, 7) is -0.954. The average Bonchev–Trinajstić information content (AvgIpc) is 2.06. The second-order valence-corrected chi connectivity index (χ2v) is 2.85. The quantitative estimate of drug-likeness (QED) is 0.805. The topological polar surface area (TPSA) is 12.0 Å². The van der Waals surface area contributed by atoms with Crippen LogP contribution in [-0.2, 0) is 6.54 Å². The molecule has 0 saturated heterocycles. The third-order valence-electron chi connectivity index (χ3n) is 1.57. The first kappa shape index (κ1) is 14.2. The lowest BCUT2D eigenvalue weighted by Gasteiger charge is -2.07. The van der Waals surface area contributed by atoms with Crippen molar-refractivity contribution in [2.24, 2.45) is 0 Å². The second kappa shape index (κ2) is 5.92. The van der Waals surface area contributed by atoms with Crippen LogP contribution in [0.25, 0.3) is 0 Å². The van der Waals surface area contributed by atoms with Gasteiger partial charge in [0.15, 0.2) is 0 Å². The number of rotatable bonds is 3. The summed E-state index contributed by atoms with van der Waals surface area (Å²) >= 11 is 0. The van der Waals surface area contributed by atoms with E-state index in [1.165, 1.54) is 24.3 Å². The standard InChI is InChI=1S/C9H9F4N.ClH/c10-8-3-1-7(2-4-8)5-14-6-9(11,12)13;/h1-4,14H,5-6H2;1H. The van der Waals surface area contributed by atoms with Gasteiger partial charge in [0.2, 0.25) is 0 Å². The van der Waals surface area contributed by atoms with Gasteiger partial charge in [0, 0.05) is 6.54 Å². The number of alkyl halides is 3. The zero-order valence-corrected chi connectivity index (χ0v) is 8.46. The summed E-state index contributed by atoms with van der Waals surface area (Å²) in [6, 6.07) is 5.31. The number of benzene rings is 1. The van der Waals surface area contributed by atoms with E-state index in [9.17, 15) is 17.6 Å². The molecule has 0 unspecified atom stereocenters. The molecule has 0 amide bonds. The van der Waals surface area contributed by atoms with E-state index in [-0.39, 0.29) is 19.0 Å². The van der Waals surface area contributed by atoms with Crippen LogP contribution in [-0.4, -0.2) is 12.7 Å². The Labute approximate surface area is 90.9 Å². The van der Waals surface area contributed by atoms with Crippen molar-refractivity contribution in [3.63, 3.8) is 0 Å². The van der Waals surface area contributed by atoms with E-state index in [1.54, 1.807) is 0 Å². The number of halogens is 5. The Morgan fingerprint density at radius 1 is 1.07 bits per heavy atom. The van der Waals surface area contributed by atoms with Crippen LogP contribution in [0.3, 0.4) is 0 Å². The molecule has 0 atom stereocenters. The molecule has 1 aromatic rings. The van der Waals surface area contributed by atoms with Crippen LogP contribution in [0.1, 0.15) is 5.56 Å².